The van der Waals surface area contributed by atoms with Gasteiger partial charge in [-0.1, -0.05) is 13.8 Å². The van der Waals surface area contributed by atoms with E-state index in [0.717, 1.165) is 29.2 Å². The van der Waals surface area contributed by atoms with E-state index in [0.29, 0.717) is 18.3 Å². The summed E-state index contributed by atoms with van der Waals surface area (Å²) in [5, 5.41) is 0. The lowest BCUT2D eigenvalue weighted by Gasteiger charge is -2.11. The summed E-state index contributed by atoms with van der Waals surface area (Å²) in [5.41, 5.74) is 2.82. The number of hydrogen-bond donors (Lipinski definition) is 0. The third kappa shape index (κ3) is 1.46. The van der Waals surface area contributed by atoms with E-state index in [-0.39, 0.29) is 5.78 Å². The molecule has 1 aromatic heterocycles. The molecule has 16 heavy (non-hydrogen) atoms. The Morgan fingerprint density at radius 1 is 1.19 bits per heavy atom. The second kappa shape index (κ2) is 3.37. The van der Waals surface area contributed by atoms with Crippen molar-refractivity contribution in [2.45, 2.75) is 51.4 Å². The molecule has 0 N–H and O–H groups in total. The standard InChI is InChI=1S/C13H16N2O/c1-7(2)12-11-9(5-6-10(11)16)14-13(15-12)8-3-4-8/h7-8H,3-6H2,1-2H3. The van der Waals surface area contributed by atoms with E-state index in [1.54, 1.807) is 0 Å². The number of aromatic nitrogens is 2. The summed E-state index contributed by atoms with van der Waals surface area (Å²) in [5.74, 6) is 2.10. The van der Waals surface area contributed by atoms with Crippen LogP contribution in [-0.4, -0.2) is 15.8 Å². The van der Waals surface area contributed by atoms with Crippen LogP contribution in [-0.2, 0) is 6.42 Å². The molecule has 1 aromatic rings. The molecule has 2 aliphatic rings. The lowest BCUT2D eigenvalue weighted by molar-refractivity contribution is 0.0993. The van der Waals surface area contributed by atoms with Gasteiger partial charge in [0.05, 0.1) is 17.0 Å². The van der Waals surface area contributed by atoms with Crippen molar-refractivity contribution in [1.82, 2.24) is 9.97 Å². The van der Waals surface area contributed by atoms with E-state index >= 15 is 0 Å². The van der Waals surface area contributed by atoms with Crippen LogP contribution in [0.1, 0.15) is 72.5 Å². The fourth-order valence-corrected chi connectivity index (χ4v) is 2.33. The van der Waals surface area contributed by atoms with Crippen molar-refractivity contribution < 1.29 is 4.79 Å². The van der Waals surface area contributed by atoms with Crippen molar-refractivity contribution in [2.24, 2.45) is 0 Å². The van der Waals surface area contributed by atoms with Gasteiger partial charge in [-0.05, 0) is 25.2 Å². The van der Waals surface area contributed by atoms with E-state index in [2.05, 4.69) is 23.8 Å². The van der Waals surface area contributed by atoms with Crippen molar-refractivity contribution >= 4 is 5.78 Å². The molecule has 0 aromatic carbocycles. The van der Waals surface area contributed by atoms with E-state index in [4.69, 9.17) is 0 Å². The molecule has 2 aliphatic carbocycles. The lowest BCUT2D eigenvalue weighted by Crippen LogP contribution is -2.09. The Hall–Kier alpha value is -1.25. The van der Waals surface area contributed by atoms with Gasteiger partial charge in [-0.25, -0.2) is 9.97 Å². The molecule has 0 unspecified atom stereocenters. The molecular formula is C13H16N2O. The minimum Gasteiger partial charge on any atom is -0.294 e. The average molecular weight is 216 g/mol. The Labute approximate surface area is 95.3 Å². The maximum atomic E-state index is 11.8. The zero-order chi connectivity index (χ0) is 11.3. The number of Topliss-reactive ketones (excluding diaryl/α,β-unsaturated/α-hetero) is 1. The highest BCUT2D eigenvalue weighted by atomic mass is 16.1. The van der Waals surface area contributed by atoms with E-state index in [9.17, 15) is 4.79 Å². The molecule has 1 saturated carbocycles. The Balaban J connectivity index is 2.16. The fourth-order valence-electron chi connectivity index (χ4n) is 2.33. The fraction of sp³-hybridized carbons (Fsp3) is 0.615. The number of carbonyl (C=O) groups excluding carboxylic acids is 1. The Bertz CT molecular complexity index is 461. The minimum absolute atomic E-state index is 0.237. The van der Waals surface area contributed by atoms with Crippen LogP contribution in [0.3, 0.4) is 0 Å². The van der Waals surface area contributed by atoms with Crippen LogP contribution < -0.4 is 0 Å². The molecule has 0 saturated heterocycles. The van der Waals surface area contributed by atoms with Gasteiger partial charge in [0, 0.05) is 12.3 Å². The third-order valence-corrected chi connectivity index (χ3v) is 3.39. The summed E-state index contributed by atoms with van der Waals surface area (Å²) in [6, 6.07) is 0. The van der Waals surface area contributed by atoms with Crippen LogP contribution in [0.15, 0.2) is 0 Å². The normalized spacial score (nSPS) is 19.3. The molecule has 84 valence electrons. The van der Waals surface area contributed by atoms with Crippen molar-refractivity contribution in [3.05, 3.63) is 22.8 Å². The Morgan fingerprint density at radius 3 is 2.56 bits per heavy atom. The first-order valence-electron chi connectivity index (χ1n) is 6.10. The van der Waals surface area contributed by atoms with Gasteiger partial charge >= 0.3 is 0 Å². The molecular weight excluding hydrogens is 200 g/mol. The van der Waals surface area contributed by atoms with Gasteiger partial charge in [0.25, 0.3) is 0 Å². The second-order valence-electron chi connectivity index (χ2n) is 5.14. The third-order valence-electron chi connectivity index (χ3n) is 3.39. The van der Waals surface area contributed by atoms with Crippen molar-refractivity contribution in [3.8, 4) is 0 Å². The van der Waals surface area contributed by atoms with E-state index < -0.39 is 0 Å². The maximum Gasteiger partial charge on any atom is 0.166 e. The van der Waals surface area contributed by atoms with Crippen LogP contribution >= 0.6 is 0 Å². The quantitative estimate of drug-likeness (QED) is 0.763. The number of nitrogens with zero attached hydrogens (tertiary/aromatic N) is 2. The number of aryl methyl sites for hydroxylation is 1. The van der Waals surface area contributed by atoms with Gasteiger partial charge in [0.15, 0.2) is 5.78 Å². The summed E-state index contributed by atoms with van der Waals surface area (Å²) >= 11 is 0. The van der Waals surface area contributed by atoms with E-state index in [1.807, 2.05) is 0 Å². The zero-order valence-corrected chi connectivity index (χ0v) is 9.79. The number of ketones is 1. The monoisotopic (exact) mass is 216 g/mol. The molecule has 1 heterocycles. The summed E-state index contributed by atoms with van der Waals surface area (Å²) in [6.07, 6.45) is 3.86. The van der Waals surface area contributed by atoms with Crippen LogP contribution in [0, 0.1) is 0 Å². The molecule has 0 atom stereocenters. The van der Waals surface area contributed by atoms with Gasteiger partial charge in [0.1, 0.15) is 5.82 Å². The van der Waals surface area contributed by atoms with Crippen LogP contribution in [0.25, 0.3) is 0 Å². The van der Waals surface area contributed by atoms with Gasteiger partial charge in [-0.15, -0.1) is 0 Å². The van der Waals surface area contributed by atoms with Gasteiger partial charge in [-0.3, -0.25) is 4.79 Å². The molecule has 0 amide bonds. The largest absolute Gasteiger partial charge is 0.294 e. The van der Waals surface area contributed by atoms with Gasteiger partial charge < -0.3 is 0 Å². The summed E-state index contributed by atoms with van der Waals surface area (Å²) in [6.45, 7) is 4.20. The Morgan fingerprint density at radius 2 is 1.94 bits per heavy atom. The molecule has 1 fully saturated rings. The number of rotatable bonds is 2. The number of carbonyl (C=O) groups is 1. The summed E-state index contributed by atoms with van der Waals surface area (Å²) < 4.78 is 0. The van der Waals surface area contributed by atoms with Gasteiger partial charge in [0.2, 0.25) is 0 Å². The summed E-state index contributed by atoms with van der Waals surface area (Å²) in [7, 11) is 0. The lowest BCUT2D eigenvalue weighted by atomic mass is 10.0. The first kappa shape index (κ1) is 9.94. The van der Waals surface area contributed by atoms with Gasteiger partial charge in [-0.2, -0.15) is 0 Å². The average Bonchev–Trinajstić information content (AvgIpc) is 3.03. The summed E-state index contributed by atoms with van der Waals surface area (Å²) in [4.78, 5) is 21.0. The van der Waals surface area contributed by atoms with Crippen molar-refractivity contribution in [1.29, 1.82) is 0 Å². The second-order valence-corrected chi connectivity index (χ2v) is 5.14. The predicted octanol–water partition coefficient (Wildman–Crippen LogP) is 2.61. The van der Waals surface area contributed by atoms with E-state index in [1.165, 1.54) is 12.8 Å². The number of hydrogen-bond acceptors (Lipinski definition) is 3. The molecule has 0 bridgehead atoms. The number of fused-ring (bicyclic) bond motifs is 1. The smallest absolute Gasteiger partial charge is 0.166 e. The highest BCUT2D eigenvalue weighted by Gasteiger charge is 2.32. The van der Waals surface area contributed by atoms with Crippen LogP contribution in [0.4, 0.5) is 0 Å². The first-order chi connectivity index (χ1) is 7.66. The maximum absolute atomic E-state index is 11.8. The van der Waals surface area contributed by atoms with Crippen molar-refractivity contribution in [2.75, 3.05) is 0 Å². The van der Waals surface area contributed by atoms with Crippen LogP contribution in [0.5, 0.6) is 0 Å². The first-order valence-corrected chi connectivity index (χ1v) is 6.10. The SMILES string of the molecule is CC(C)c1nc(C2CC2)nc2c1C(=O)CC2. The topological polar surface area (TPSA) is 42.9 Å². The van der Waals surface area contributed by atoms with Crippen molar-refractivity contribution in [3.63, 3.8) is 0 Å². The highest BCUT2D eigenvalue weighted by Crippen LogP contribution is 2.40. The zero-order valence-electron chi connectivity index (χ0n) is 9.79. The molecule has 0 aliphatic heterocycles. The predicted molar refractivity (Wildman–Crippen MR) is 60.7 cm³/mol. The molecule has 3 heteroatoms. The molecule has 3 nitrogen and oxygen atoms in total. The molecule has 3 rings (SSSR count). The molecule has 0 spiro atoms. The Kier molecular flexibility index (Phi) is 2.09. The molecule has 0 radical (unpaired) electrons. The highest BCUT2D eigenvalue weighted by molar-refractivity contribution is 6.01. The van der Waals surface area contributed by atoms with Crippen LogP contribution in [0.2, 0.25) is 0 Å². The minimum atomic E-state index is 0.237.